The largest absolute Gasteiger partial charge is 0.159 e. The van der Waals surface area contributed by atoms with Gasteiger partial charge >= 0.3 is 0 Å². The summed E-state index contributed by atoms with van der Waals surface area (Å²) in [6.45, 7) is 2.09. The maximum Gasteiger partial charge on any atom is 0.103 e. The molecular weight excluding hydrogens is 168 g/mol. The fourth-order valence-electron chi connectivity index (χ4n) is 1.01. The average Bonchev–Trinajstić information content (AvgIpc) is 2.54. The zero-order valence-electron chi connectivity index (χ0n) is 6.69. The van der Waals surface area contributed by atoms with Crippen LogP contribution in [0.4, 0.5) is 0 Å². The van der Waals surface area contributed by atoms with Gasteiger partial charge in [0.1, 0.15) is 5.69 Å². The second kappa shape index (κ2) is 3.03. The van der Waals surface area contributed by atoms with Gasteiger partial charge in [-0.3, -0.25) is 0 Å². The van der Waals surface area contributed by atoms with E-state index in [1.807, 2.05) is 12.1 Å². The topological polar surface area (TPSA) is 25.8 Å². The van der Waals surface area contributed by atoms with Gasteiger partial charge in [0.25, 0.3) is 0 Å². The van der Waals surface area contributed by atoms with Crippen molar-refractivity contribution in [2.24, 2.45) is 0 Å². The number of hydrogen-bond acceptors (Lipinski definition) is 3. The van der Waals surface area contributed by atoms with Crippen LogP contribution in [-0.4, -0.2) is 10.2 Å². The zero-order valence-corrected chi connectivity index (χ0v) is 7.51. The molecule has 60 valence electrons. The first-order chi connectivity index (χ1) is 5.86. The van der Waals surface area contributed by atoms with Crippen LogP contribution in [-0.2, 0) is 0 Å². The third-order valence-corrected chi connectivity index (χ3v) is 2.59. The highest BCUT2D eigenvalue weighted by Gasteiger charge is 2.00. The molecule has 2 aromatic rings. The first-order valence-corrected chi connectivity index (χ1v) is 4.52. The Morgan fingerprint density at radius 3 is 2.75 bits per heavy atom. The van der Waals surface area contributed by atoms with Crippen molar-refractivity contribution in [2.45, 2.75) is 6.92 Å². The monoisotopic (exact) mass is 176 g/mol. The van der Waals surface area contributed by atoms with Gasteiger partial charge in [-0.25, -0.2) is 0 Å². The lowest BCUT2D eigenvalue weighted by molar-refractivity contribution is 1.04. The number of aryl methyl sites for hydroxylation is 1. The second-order valence-corrected chi connectivity index (χ2v) is 3.81. The number of rotatable bonds is 1. The molecular formula is C9H8N2S. The van der Waals surface area contributed by atoms with Gasteiger partial charge < -0.3 is 0 Å². The Morgan fingerprint density at radius 2 is 2.17 bits per heavy atom. The minimum Gasteiger partial charge on any atom is -0.159 e. The van der Waals surface area contributed by atoms with Gasteiger partial charge in [0.2, 0.25) is 0 Å². The van der Waals surface area contributed by atoms with E-state index in [9.17, 15) is 0 Å². The van der Waals surface area contributed by atoms with E-state index in [0.717, 1.165) is 5.69 Å². The summed E-state index contributed by atoms with van der Waals surface area (Å²) in [5.74, 6) is 0. The molecule has 0 spiro atoms. The van der Waals surface area contributed by atoms with Crippen molar-refractivity contribution >= 4 is 11.3 Å². The molecule has 0 N–H and O–H groups in total. The Kier molecular flexibility index (Phi) is 1.87. The van der Waals surface area contributed by atoms with Crippen LogP contribution in [0.2, 0.25) is 0 Å². The highest BCUT2D eigenvalue weighted by Crippen LogP contribution is 2.24. The highest BCUT2D eigenvalue weighted by molar-refractivity contribution is 7.15. The van der Waals surface area contributed by atoms with Gasteiger partial charge in [0.15, 0.2) is 0 Å². The van der Waals surface area contributed by atoms with Crippen LogP contribution in [0.5, 0.6) is 0 Å². The van der Waals surface area contributed by atoms with Crippen molar-refractivity contribution < 1.29 is 0 Å². The van der Waals surface area contributed by atoms with Crippen LogP contribution < -0.4 is 0 Å². The molecule has 0 aliphatic carbocycles. The summed E-state index contributed by atoms with van der Waals surface area (Å²) in [5, 5.41) is 7.85. The Balaban J connectivity index is 2.45. The molecule has 0 atom stereocenters. The van der Waals surface area contributed by atoms with Crippen molar-refractivity contribution in [3.05, 3.63) is 35.3 Å². The summed E-state index contributed by atoms with van der Waals surface area (Å²) in [4.78, 5) is 2.48. The molecule has 0 amide bonds. The minimum atomic E-state index is 0.954. The van der Waals surface area contributed by atoms with E-state index >= 15 is 0 Å². The van der Waals surface area contributed by atoms with E-state index in [2.05, 4.69) is 29.3 Å². The molecule has 0 saturated carbocycles. The van der Waals surface area contributed by atoms with Crippen LogP contribution in [0, 0.1) is 6.92 Å². The SMILES string of the molecule is Cc1ccc(-c2cccnn2)s1. The molecule has 0 aliphatic rings. The van der Waals surface area contributed by atoms with Gasteiger partial charge in [-0.15, -0.1) is 16.4 Å². The third kappa shape index (κ3) is 1.36. The molecule has 0 fully saturated rings. The fourth-order valence-corrected chi connectivity index (χ4v) is 1.84. The van der Waals surface area contributed by atoms with Crippen LogP contribution in [0.25, 0.3) is 10.6 Å². The first-order valence-electron chi connectivity index (χ1n) is 3.71. The molecule has 2 nitrogen and oxygen atoms in total. The van der Waals surface area contributed by atoms with Gasteiger partial charge in [-0.1, -0.05) is 0 Å². The Morgan fingerprint density at radius 1 is 1.25 bits per heavy atom. The summed E-state index contributed by atoms with van der Waals surface area (Å²) >= 11 is 1.74. The zero-order chi connectivity index (χ0) is 8.39. The average molecular weight is 176 g/mol. The quantitative estimate of drug-likeness (QED) is 0.667. The third-order valence-electron chi connectivity index (χ3n) is 1.57. The van der Waals surface area contributed by atoms with Crippen molar-refractivity contribution in [1.29, 1.82) is 0 Å². The minimum absolute atomic E-state index is 0.954. The van der Waals surface area contributed by atoms with Crippen LogP contribution in [0.1, 0.15) is 4.88 Å². The molecule has 0 unspecified atom stereocenters. The van der Waals surface area contributed by atoms with E-state index in [0.29, 0.717) is 0 Å². The van der Waals surface area contributed by atoms with Crippen molar-refractivity contribution in [1.82, 2.24) is 10.2 Å². The van der Waals surface area contributed by atoms with E-state index in [1.165, 1.54) is 9.75 Å². The van der Waals surface area contributed by atoms with E-state index in [1.54, 1.807) is 17.5 Å². The van der Waals surface area contributed by atoms with Crippen LogP contribution >= 0.6 is 11.3 Å². The Labute approximate surface area is 74.9 Å². The van der Waals surface area contributed by atoms with Crippen molar-refractivity contribution in [3.8, 4) is 10.6 Å². The standard InChI is InChI=1S/C9H8N2S/c1-7-4-5-9(12-7)8-3-2-6-10-11-8/h2-6H,1H3. The van der Waals surface area contributed by atoms with Crippen molar-refractivity contribution in [2.75, 3.05) is 0 Å². The molecule has 3 heteroatoms. The van der Waals surface area contributed by atoms with Crippen LogP contribution in [0.15, 0.2) is 30.5 Å². The smallest absolute Gasteiger partial charge is 0.103 e. The summed E-state index contributed by atoms with van der Waals surface area (Å²) < 4.78 is 0. The predicted octanol–water partition coefficient (Wildman–Crippen LogP) is 2.51. The molecule has 0 bridgehead atoms. The lowest BCUT2D eigenvalue weighted by Crippen LogP contribution is -1.81. The molecule has 0 aromatic carbocycles. The van der Waals surface area contributed by atoms with Gasteiger partial charge in [0, 0.05) is 11.1 Å². The molecule has 0 radical (unpaired) electrons. The van der Waals surface area contributed by atoms with E-state index in [-0.39, 0.29) is 0 Å². The second-order valence-electron chi connectivity index (χ2n) is 2.52. The molecule has 0 saturated heterocycles. The summed E-state index contributed by atoms with van der Waals surface area (Å²) in [5.41, 5.74) is 0.954. The number of hydrogen-bond donors (Lipinski definition) is 0. The number of nitrogens with zero attached hydrogens (tertiary/aromatic N) is 2. The van der Waals surface area contributed by atoms with Crippen molar-refractivity contribution in [3.63, 3.8) is 0 Å². The highest BCUT2D eigenvalue weighted by atomic mass is 32.1. The summed E-state index contributed by atoms with van der Waals surface area (Å²) in [7, 11) is 0. The molecule has 0 aliphatic heterocycles. The molecule has 12 heavy (non-hydrogen) atoms. The number of thiophene rings is 1. The Hall–Kier alpha value is -1.22. The molecule has 2 heterocycles. The maximum absolute atomic E-state index is 4.02. The molecule has 2 aromatic heterocycles. The normalized spacial score (nSPS) is 10.1. The maximum atomic E-state index is 4.02. The Bertz CT molecular complexity index is 367. The summed E-state index contributed by atoms with van der Waals surface area (Å²) in [6.07, 6.45) is 1.68. The first kappa shape index (κ1) is 7.43. The fraction of sp³-hybridized carbons (Fsp3) is 0.111. The van der Waals surface area contributed by atoms with Gasteiger partial charge in [-0.05, 0) is 31.2 Å². The lowest BCUT2D eigenvalue weighted by atomic mass is 10.3. The van der Waals surface area contributed by atoms with Gasteiger partial charge in [-0.2, -0.15) is 5.10 Å². The van der Waals surface area contributed by atoms with E-state index < -0.39 is 0 Å². The lowest BCUT2D eigenvalue weighted by Gasteiger charge is -1.91. The summed E-state index contributed by atoms with van der Waals surface area (Å²) in [6, 6.07) is 8.04. The van der Waals surface area contributed by atoms with E-state index in [4.69, 9.17) is 0 Å². The predicted molar refractivity (Wildman–Crippen MR) is 50.1 cm³/mol. The molecule has 2 rings (SSSR count). The van der Waals surface area contributed by atoms with Gasteiger partial charge in [0.05, 0.1) is 4.88 Å². The van der Waals surface area contributed by atoms with Crippen LogP contribution in [0.3, 0.4) is 0 Å². The number of aromatic nitrogens is 2.